The highest BCUT2D eigenvalue weighted by Gasteiger charge is 2.37. The van der Waals surface area contributed by atoms with E-state index < -0.39 is 11.9 Å². The first-order valence-electron chi connectivity index (χ1n) is 6.85. The van der Waals surface area contributed by atoms with Crippen LogP contribution in [0.2, 0.25) is 0 Å². The summed E-state index contributed by atoms with van der Waals surface area (Å²) in [7, 11) is 1.74. The Labute approximate surface area is 132 Å². The lowest BCUT2D eigenvalue weighted by molar-refractivity contribution is -0.142. The molecule has 1 aromatic rings. The number of urea groups is 1. The van der Waals surface area contributed by atoms with Crippen molar-refractivity contribution in [2.75, 3.05) is 20.1 Å². The van der Waals surface area contributed by atoms with Crippen LogP contribution in [0.4, 0.5) is 4.79 Å². The molecule has 2 rings (SSSR count). The smallest absolute Gasteiger partial charge is 0.320 e. The molecule has 0 aromatic heterocycles. The molecule has 1 saturated heterocycles. The minimum atomic E-state index is -0.826. The highest BCUT2D eigenvalue weighted by molar-refractivity contribution is 9.10. The summed E-state index contributed by atoms with van der Waals surface area (Å²) in [6.07, 6.45) is 0. The Morgan fingerprint density at radius 2 is 1.95 bits per heavy atom. The molecule has 0 spiro atoms. The van der Waals surface area contributed by atoms with E-state index >= 15 is 0 Å². The molecule has 2 atom stereocenters. The Balaban J connectivity index is 1.97. The molecule has 2 amide bonds. The van der Waals surface area contributed by atoms with Crippen LogP contribution >= 0.6 is 15.9 Å². The standard InChI is InChI=1S/C15H19BrN2O3/c1-10-7-18(9-13(10)14(19)20)15(21)17(2)8-11-3-5-12(16)6-4-11/h3-6,10,13H,7-9H2,1-2H3,(H,19,20)/t10-,13-/m1/s1. The van der Waals surface area contributed by atoms with Gasteiger partial charge in [0, 0.05) is 31.2 Å². The van der Waals surface area contributed by atoms with Crippen LogP contribution in [0.25, 0.3) is 0 Å². The first-order valence-corrected chi connectivity index (χ1v) is 7.65. The number of carboxylic acid groups (broad SMARTS) is 1. The first-order chi connectivity index (χ1) is 9.88. The van der Waals surface area contributed by atoms with Crippen LogP contribution in [0.3, 0.4) is 0 Å². The maximum absolute atomic E-state index is 12.4. The van der Waals surface area contributed by atoms with Crippen LogP contribution < -0.4 is 0 Å². The zero-order valence-corrected chi connectivity index (χ0v) is 13.7. The Morgan fingerprint density at radius 1 is 1.33 bits per heavy atom. The Kier molecular flexibility index (Phi) is 4.88. The number of halogens is 1. The topological polar surface area (TPSA) is 60.9 Å². The SMILES string of the molecule is C[C@@H]1CN(C(=O)N(C)Cc2ccc(Br)cc2)C[C@H]1C(=O)O. The van der Waals surface area contributed by atoms with E-state index in [2.05, 4.69) is 15.9 Å². The molecule has 0 saturated carbocycles. The number of hydrogen-bond acceptors (Lipinski definition) is 2. The van der Waals surface area contributed by atoms with Gasteiger partial charge in [0.05, 0.1) is 5.92 Å². The molecule has 5 nitrogen and oxygen atoms in total. The van der Waals surface area contributed by atoms with Gasteiger partial charge in [0.1, 0.15) is 0 Å². The van der Waals surface area contributed by atoms with Crippen LogP contribution in [-0.4, -0.2) is 47.0 Å². The molecule has 21 heavy (non-hydrogen) atoms. The van der Waals surface area contributed by atoms with Gasteiger partial charge in [-0.25, -0.2) is 4.79 Å². The number of likely N-dealkylation sites (tertiary alicyclic amines) is 1. The van der Waals surface area contributed by atoms with Crippen molar-refractivity contribution in [1.82, 2.24) is 9.80 Å². The average molecular weight is 355 g/mol. The Hall–Kier alpha value is -1.56. The summed E-state index contributed by atoms with van der Waals surface area (Å²) in [4.78, 5) is 26.7. The van der Waals surface area contributed by atoms with Gasteiger partial charge >= 0.3 is 12.0 Å². The second-order valence-electron chi connectivity index (χ2n) is 5.59. The van der Waals surface area contributed by atoms with E-state index in [-0.39, 0.29) is 11.9 Å². The van der Waals surface area contributed by atoms with E-state index in [1.165, 1.54) is 0 Å². The first kappa shape index (κ1) is 15.8. The van der Waals surface area contributed by atoms with E-state index in [9.17, 15) is 9.59 Å². The second-order valence-corrected chi connectivity index (χ2v) is 6.51. The normalized spacial score (nSPS) is 21.4. The fraction of sp³-hybridized carbons (Fsp3) is 0.467. The summed E-state index contributed by atoms with van der Waals surface area (Å²) in [5.41, 5.74) is 1.04. The number of carbonyl (C=O) groups excluding carboxylic acids is 1. The Morgan fingerprint density at radius 3 is 2.48 bits per heavy atom. The lowest BCUT2D eigenvalue weighted by Crippen LogP contribution is -2.40. The van der Waals surface area contributed by atoms with Crippen molar-refractivity contribution in [1.29, 1.82) is 0 Å². The van der Waals surface area contributed by atoms with E-state index in [1.54, 1.807) is 16.8 Å². The zero-order valence-electron chi connectivity index (χ0n) is 12.1. The fourth-order valence-electron chi connectivity index (χ4n) is 2.62. The van der Waals surface area contributed by atoms with Crippen molar-refractivity contribution in [2.24, 2.45) is 11.8 Å². The monoisotopic (exact) mass is 354 g/mol. The summed E-state index contributed by atoms with van der Waals surface area (Å²) >= 11 is 3.38. The molecule has 1 N–H and O–H groups in total. The summed E-state index contributed by atoms with van der Waals surface area (Å²) in [5.74, 6) is -1.30. The molecule has 1 aliphatic rings. The lowest BCUT2D eigenvalue weighted by atomic mass is 9.99. The molecule has 1 fully saturated rings. The van der Waals surface area contributed by atoms with E-state index in [0.717, 1.165) is 10.0 Å². The lowest BCUT2D eigenvalue weighted by Gasteiger charge is -2.24. The predicted molar refractivity (Wildman–Crippen MR) is 82.9 cm³/mol. The van der Waals surface area contributed by atoms with Crippen molar-refractivity contribution in [3.05, 3.63) is 34.3 Å². The van der Waals surface area contributed by atoms with Crippen LogP contribution in [0.5, 0.6) is 0 Å². The summed E-state index contributed by atoms with van der Waals surface area (Å²) in [6, 6.07) is 7.67. The van der Waals surface area contributed by atoms with Gasteiger partial charge in [0.25, 0.3) is 0 Å². The number of nitrogens with zero attached hydrogens (tertiary/aromatic N) is 2. The summed E-state index contributed by atoms with van der Waals surface area (Å²) in [5, 5.41) is 9.13. The van der Waals surface area contributed by atoms with Crippen molar-refractivity contribution in [3.8, 4) is 0 Å². The average Bonchev–Trinajstić information content (AvgIpc) is 2.82. The van der Waals surface area contributed by atoms with Gasteiger partial charge in [0.15, 0.2) is 0 Å². The third kappa shape index (κ3) is 3.75. The van der Waals surface area contributed by atoms with E-state index in [1.807, 2.05) is 31.2 Å². The predicted octanol–water partition coefficient (Wildman–Crippen LogP) is 2.65. The van der Waals surface area contributed by atoms with Gasteiger partial charge in [-0.2, -0.15) is 0 Å². The van der Waals surface area contributed by atoms with Crippen molar-refractivity contribution >= 4 is 27.9 Å². The maximum atomic E-state index is 12.4. The second kappa shape index (κ2) is 6.47. The quantitative estimate of drug-likeness (QED) is 0.907. The minimum absolute atomic E-state index is 0.00692. The fourth-order valence-corrected chi connectivity index (χ4v) is 2.88. The number of rotatable bonds is 3. The minimum Gasteiger partial charge on any atom is -0.481 e. The van der Waals surface area contributed by atoms with Gasteiger partial charge in [-0.1, -0.05) is 35.0 Å². The molecule has 114 valence electrons. The van der Waals surface area contributed by atoms with Crippen LogP contribution in [0.1, 0.15) is 12.5 Å². The van der Waals surface area contributed by atoms with Gasteiger partial charge in [-0.3, -0.25) is 4.79 Å². The molecule has 1 aliphatic heterocycles. The van der Waals surface area contributed by atoms with Gasteiger partial charge in [-0.15, -0.1) is 0 Å². The molecule has 0 bridgehead atoms. The number of hydrogen-bond donors (Lipinski definition) is 1. The number of benzene rings is 1. The zero-order chi connectivity index (χ0) is 15.6. The molecule has 1 aromatic carbocycles. The number of aliphatic carboxylic acids is 1. The highest BCUT2D eigenvalue weighted by Crippen LogP contribution is 2.24. The van der Waals surface area contributed by atoms with Crippen molar-refractivity contribution < 1.29 is 14.7 Å². The highest BCUT2D eigenvalue weighted by atomic mass is 79.9. The largest absolute Gasteiger partial charge is 0.481 e. The molecule has 1 heterocycles. The van der Waals surface area contributed by atoms with E-state index in [0.29, 0.717) is 19.6 Å². The van der Waals surface area contributed by atoms with Crippen molar-refractivity contribution in [3.63, 3.8) is 0 Å². The molecule has 0 aliphatic carbocycles. The van der Waals surface area contributed by atoms with Gasteiger partial charge in [-0.05, 0) is 23.6 Å². The molecular formula is C15H19BrN2O3. The third-order valence-electron chi connectivity index (χ3n) is 3.86. The van der Waals surface area contributed by atoms with Crippen molar-refractivity contribution in [2.45, 2.75) is 13.5 Å². The maximum Gasteiger partial charge on any atom is 0.320 e. The molecule has 6 heteroatoms. The van der Waals surface area contributed by atoms with Gasteiger partial charge in [0.2, 0.25) is 0 Å². The number of amides is 2. The molecular weight excluding hydrogens is 336 g/mol. The van der Waals surface area contributed by atoms with Crippen LogP contribution in [0, 0.1) is 11.8 Å². The summed E-state index contributed by atoms with van der Waals surface area (Å²) in [6.45, 7) is 3.18. The summed E-state index contributed by atoms with van der Waals surface area (Å²) < 4.78 is 0.998. The number of carbonyl (C=O) groups is 2. The third-order valence-corrected chi connectivity index (χ3v) is 4.39. The van der Waals surface area contributed by atoms with Crippen LogP contribution in [-0.2, 0) is 11.3 Å². The molecule has 0 radical (unpaired) electrons. The molecule has 0 unspecified atom stereocenters. The Bertz CT molecular complexity index is 532. The van der Waals surface area contributed by atoms with Crippen LogP contribution in [0.15, 0.2) is 28.7 Å². The number of carboxylic acids is 1. The van der Waals surface area contributed by atoms with E-state index in [4.69, 9.17) is 5.11 Å². The van der Waals surface area contributed by atoms with Gasteiger partial charge < -0.3 is 14.9 Å².